The second-order valence-corrected chi connectivity index (χ2v) is 6.60. The Labute approximate surface area is 166 Å². The predicted molar refractivity (Wildman–Crippen MR) is 112 cm³/mol. The van der Waals surface area contributed by atoms with Crippen molar-refractivity contribution in [2.24, 2.45) is 5.73 Å². The minimum atomic E-state index is 0.415. The van der Waals surface area contributed by atoms with Crippen LogP contribution in [0.4, 0.5) is 5.82 Å². The van der Waals surface area contributed by atoms with E-state index < -0.39 is 0 Å². The molecule has 0 atom stereocenters. The Morgan fingerprint density at radius 2 is 1.86 bits per heavy atom. The van der Waals surface area contributed by atoms with Crippen molar-refractivity contribution in [2.75, 3.05) is 5.73 Å². The largest absolute Gasteiger partial charge is 0.383 e. The molecule has 5 aromatic rings. The molecule has 5 N–H and O–H groups in total. The summed E-state index contributed by atoms with van der Waals surface area (Å²) in [7, 11) is 0. The summed E-state index contributed by atoms with van der Waals surface area (Å²) in [6.45, 7) is 0.482. The molecule has 0 radical (unpaired) electrons. The lowest BCUT2D eigenvalue weighted by atomic mass is 10.2. The number of anilines is 1. The molecule has 0 saturated heterocycles. The topological polar surface area (TPSA) is 124 Å². The third-order valence-electron chi connectivity index (χ3n) is 4.81. The molecule has 4 heterocycles. The first-order chi connectivity index (χ1) is 14.2. The number of H-pyrrole nitrogens is 1. The number of nitrogens with two attached hydrogens (primary N) is 2. The Kier molecular flexibility index (Phi) is 4.03. The van der Waals surface area contributed by atoms with Crippen LogP contribution in [0.2, 0.25) is 0 Å². The van der Waals surface area contributed by atoms with Crippen LogP contribution >= 0.6 is 0 Å². The van der Waals surface area contributed by atoms with Crippen LogP contribution in [0.15, 0.2) is 67.1 Å². The number of fused-ring (bicyclic) bond motifs is 1. The number of aromatic nitrogens is 6. The van der Waals surface area contributed by atoms with E-state index >= 15 is 0 Å². The van der Waals surface area contributed by atoms with Crippen molar-refractivity contribution in [3.8, 4) is 28.3 Å². The Balaban J connectivity index is 1.80. The summed E-state index contributed by atoms with van der Waals surface area (Å²) in [5, 5.41) is 6.84. The van der Waals surface area contributed by atoms with Crippen molar-refractivity contribution in [1.82, 2.24) is 29.7 Å². The van der Waals surface area contributed by atoms with Gasteiger partial charge in [0.1, 0.15) is 11.3 Å². The van der Waals surface area contributed by atoms with Crippen LogP contribution < -0.4 is 11.5 Å². The number of aromatic amines is 1. The Morgan fingerprint density at radius 3 is 2.59 bits per heavy atom. The van der Waals surface area contributed by atoms with Gasteiger partial charge in [-0.1, -0.05) is 12.1 Å². The Hall–Kier alpha value is -4.04. The van der Waals surface area contributed by atoms with E-state index in [1.165, 1.54) is 0 Å². The van der Waals surface area contributed by atoms with Gasteiger partial charge in [0.25, 0.3) is 0 Å². The van der Waals surface area contributed by atoms with Gasteiger partial charge < -0.3 is 11.5 Å². The number of benzene rings is 1. The molecule has 0 unspecified atom stereocenters. The third kappa shape index (κ3) is 2.91. The summed E-state index contributed by atoms with van der Waals surface area (Å²) in [6.07, 6.45) is 5.22. The molecule has 4 aromatic heterocycles. The normalized spacial score (nSPS) is 11.2. The van der Waals surface area contributed by atoms with Crippen LogP contribution in [0, 0.1) is 0 Å². The first kappa shape index (κ1) is 17.1. The monoisotopic (exact) mass is 382 g/mol. The molecule has 0 bridgehead atoms. The van der Waals surface area contributed by atoms with Crippen LogP contribution in [0.25, 0.3) is 39.5 Å². The maximum absolute atomic E-state index is 6.16. The first-order valence-corrected chi connectivity index (χ1v) is 9.13. The summed E-state index contributed by atoms with van der Waals surface area (Å²) in [6, 6.07) is 15.6. The SMILES string of the molecule is NCc1ccc(-n2c(-c3cccnc3N)nc3ccc(-c4cn[nH]c4)nc32)cc1. The van der Waals surface area contributed by atoms with Gasteiger partial charge in [-0.25, -0.2) is 15.0 Å². The van der Waals surface area contributed by atoms with Crippen molar-refractivity contribution in [3.63, 3.8) is 0 Å². The highest BCUT2D eigenvalue weighted by atomic mass is 15.1. The number of nitrogens with one attached hydrogen (secondary N) is 1. The number of pyridine rings is 2. The van der Waals surface area contributed by atoms with Crippen molar-refractivity contribution < 1.29 is 0 Å². The van der Waals surface area contributed by atoms with Gasteiger partial charge in [0.05, 0.1) is 17.5 Å². The zero-order valence-corrected chi connectivity index (χ0v) is 15.4. The first-order valence-electron chi connectivity index (χ1n) is 9.13. The van der Waals surface area contributed by atoms with Crippen molar-refractivity contribution in [2.45, 2.75) is 6.54 Å². The van der Waals surface area contributed by atoms with E-state index in [0.717, 1.165) is 39.2 Å². The zero-order valence-electron chi connectivity index (χ0n) is 15.4. The molecule has 0 spiro atoms. The maximum Gasteiger partial charge on any atom is 0.165 e. The van der Waals surface area contributed by atoms with E-state index in [2.05, 4.69) is 15.2 Å². The van der Waals surface area contributed by atoms with Gasteiger partial charge in [-0.2, -0.15) is 5.10 Å². The van der Waals surface area contributed by atoms with Crippen LogP contribution in [-0.2, 0) is 6.54 Å². The fraction of sp³-hybridized carbons (Fsp3) is 0.0476. The summed E-state index contributed by atoms with van der Waals surface area (Å²) in [5.41, 5.74) is 17.8. The highest BCUT2D eigenvalue weighted by molar-refractivity contribution is 5.84. The van der Waals surface area contributed by atoms with Gasteiger partial charge in [0.2, 0.25) is 0 Å². The third-order valence-corrected chi connectivity index (χ3v) is 4.81. The minimum Gasteiger partial charge on any atom is -0.383 e. The average Bonchev–Trinajstić information content (AvgIpc) is 3.42. The van der Waals surface area contributed by atoms with E-state index in [0.29, 0.717) is 18.2 Å². The fourth-order valence-electron chi connectivity index (χ4n) is 3.32. The molecular formula is C21H18N8. The zero-order chi connectivity index (χ0) is 19.8. The number of nitrogens with zero attached hydrogens (tertiary/aromatic N) is 5. The molecule has 0 fully saturated rings. The van der Waals surface area contributed by atoms with Gasteiger partial charge in [0, 0.05) is 30.2 Å². The van der Waals surface area contributed by atoms with E-state index in [1.54, 1.807) is 12.4 Å². The molecule has 142 valence electrons. The highest BCUT2D eigenvalue weighted by Crippen LogP contribution is 2.31. The Morgan fingerprint density at radius 1 is 1.00 bits per heavy atom. The van der Waals surface area contributed by atoms with E-state index in [9.17, 15) is 0 Å². The van der Waals surface area contributed by atoms with Gasteiger partial charge >= 0.3 is 0 Å². The van der Waals surface area contributed by atoms with E-state index in [-0.39, 0.29) is 0 Å². The summed E-state index contributed by atoms with van der Waals surface area (Å²) >= 11 is 0. The minimum absolute atomic E-state index is 0.415. The molecule has 0 aliphatic heterocycles. The Bertz CT molecular complexity index is 1290. The van der Waals surface area contributed by atoms with Crippen molar-refractivity contribution in [1.29, 1.82) is 0 Å². The van der Waals surface area contributed by atoms with E-state index in [1.807, 2.05) is 59.3 Å². The van der Waals surface area contributed by atoms with E-state index in [4.69, 9.17) is 21.4 Å². The summed E-state index contributed by atoms with van der Waals surface area (Å²) in [5.74, 6) is 1.10. The standard InChI is InChI=1S/C21H18N8/c22-10-13-3-5-15(6-4-13)29-20(16-2-1-9-24-19(16)23)28-18-8-7-17(27-21(18)29)14-11-25-26-12-14/h1-9,11-12H,10,22H2,(H2,23,24)(H,25,26). The molecule has 0 aliphatic rings. The summed E-state index contributed by atoms with van der Waals surface area (Å²) in [4.78, 5) is 13.9. The number of nitrogen functional groups attached to an aromatic ring is 1. The fourth-order valence-corrected chi connectivity index (χ4v) is 3.32. The molecule has 5 rings (SSSR count). The quantitative estimate of drug-likeness (QED) is 0.439. The van der Waals surface area contributed by atoms with Crippen LogP contribution in [-0.4, -0.2) is 29.7 Å². The number of imidazole rings is 1. The van der Waals surface area contributed by atoms with Crippen molar-refractivity contribution in [3.05, 3.63) is 72.7 Å². The molecule has 0 saturated carbocycles. The molecule has 8 heteroatoms. The number of hydrogen-bond donors (Lipinski definition) is 3. The van der Waals surface area contributed by atoms with Crippen LogP contribution in [0.5, 0.6) is 0 Å². The average molecular weight is 382 g/mol. The molecule has 1 aromatic carbocycles. The second-order valence-electron chi connectivity index (χ2n) is 6.60. The molecule has 29 heavy (non-hydrogen) atoms. The molecule has 0 amide bonds. The van der Waals surface area contributed by atoms with Gasteiger partial charge in [-0.3, -0.25) is 9.67 Å². The number of rotatable bonds is 4. The summed E-state index contributed by atoms with van der Waals surface area (Å²) < 4.78 is 1.99. The number of hydrogen-bond acceptors (Lipinski definition) is 6. The molecule has 8 nitrogen and oxygen atoms in total. The van der Waals surface area contributed by atoms with Crippen LogP contribution in [0.1, 0.15) is 5.56 Å². The lowest BCUT2D eigenvalue weighted by molar-refractivity contribution is 1.05. The van der Waals surface area contributed by atoms with Crippen LogP contribution in [0.3, 0.4) is 0 Å². The van der Waals surface area contributed by atoms with Crippen molar-refractivity contribution >= 4 is 17.0 Å². The maximum atomic E-state index is 6.16. The predicted octanol–water partition coefficient (Wildman–Crippen LogP) is 2.91. The van der Waals surface area contributed by atoms with Gasteiger partial charge in [-0.15, -0.1) is 0 Å². The lowest BCUT2D eigenvalue weighted by Crippen LogP contribution is -2.03. The second kappa shape index (κ2) is 6.84. The molecule has 0 aliphatic carbocycles. The van der Waals surface area contributed by atoms with Gasteiger partial charge in [0.15, 0.2) is 11.5 Å². The van der Waals surface area contributed by atoms with Gasteiger partial charge in [-0.05, 0) is 42.0 Å². The molecular weight excluding hydrogens is 364 g/mol. The lowest BCUT2D eigenvalue weighted by Gasteiger charge is -2.11. The smallest absolute Gasteiger partial charge is 0.165 e. The highest BCUT2D eigenvalue weighted by Gasteiger charge is 2.18.